The summed E-state index contributed by atoms with van der Waals surface area (Å²) in [6.45, 7) is 2.59. The van der Waals surface area contributed by atoms with Crippen molar-refractivity contribution in [2.24, 2.45) is 0 Å². The van der Waals surface area contributed by atoms with Gasteiger partial charge in [-0.3, -0.25) is 0 Å². The zero-order chi connectivity index (χ0) is 14.5. The van der Waals surface area contributed by atoms with E-state index < -0.39 is 5.97 Å². The molecule has 0 spiro atoms. The molecule has 1 unspecified atom stereocenters. The van der Waals surface area contributed by atoms with Gasteiger partial charge in [0.2, 0.25) is 0 Å². The van der Waals surface area contributed by atoms with Crippen molar-refractivity contribution in [3.05, 3.63) is 63.9 Å². The number of aromatic nitrogens is 1. The van der Waals surface area contributed by atoms with Crippen LogP contribution in [0.25, 0.3) is 0 Å². The molecule has 0 saturated heterocycles. The van der Waals surface area contributed by atoms with Gasteiger partial charge < -0.3 is 10.4 Å². The first-order valence-electron chi connectivity index (χ1n) is 6.24. The van der Waals surface area contributed by atoms with E-state index in [0.717, 1.165) is 4.47 Å². The van der Waals surface area contributed by atoms with E-state index in [2.05, 4.69) is 33.2 Å². The number of benzene rings is 1. The van der Waals surface area contributed by atoms with Gasteiger partial charge in [-0.05, 0) is 36.8 Å². The molecule has 4 nitrogen and oxygen atoms in total. The third-order valence-corrected chi connectivity index (χ3v) is 3.51. The molecule has 5 heteroatoms. The summed E-state index contributed by atoms with van der Waals surface area (Å²) in [5.74, 6) is -1.01. The lowest BCUT2D eigenvalue weighted by atomic mass is 10.1. The fraction of sp³-hybridized carbons (Fsp3) is 0.200. The van der Waals surface area contributed by atoms with Crippen LogP contribution in [-0.2, 0) is 6.54 Å². The number of hydrogen-bond acceptors (Lipinski definition) is 3. The molecule has 104 valence electrons. The molecule has 0 fully saturated rings. The van der Waals surface area contributed by atoms with Crippen molar-refractivity contribution in [1.29, 1.82) is 0 Å². The van der Waals surface area contributed by atoms with Crippen molar-refractivity contribution in [2.45, 2.75) is 19.5 Å². The van der Waals surface area contributed by atoms with Crippen LogP contribution in [0.15, 0.2) is 46.9 Å². The van der Waals surface area contributed by atoms with Crippen LogP contribution in [0, 0.1) is 0 Å². The Balaban J connectivity index is 1.99. The second-order valence-corrected chi connectivity index (χ2v) is 5.39. The number of pyridine rings is 1. The largest absolute Gasteiger partial charge is 0.477 e. The molecule has 1 atom stereocenters. The first kappa shape index (κ1) is 14.7. The van der Waals surface area contributed by atoms with E-state index in [1.807, 2.05) is 30.3 Å². The van der Waals surface area contributed by atoms with Crippen LogP contribution in [0.3, 0.4) is 0 Å². The molecule has 2 N–H and O–H groups in total. The van der Waals surface area contributed by atoms with Gasteiger partial charge >= 0.3 is 5.97 Å². The summed E-state index contributed by atoms with van der Waals surface area (Å²) in [4.78, 5) is 14.9. The maximum atomic E-state index is 10.9. The normalized spacial score (nSPS) is 12.1. The van der Waals surface area contributed by atoms with E-state index in [-0.39, 0.29) is 11.7 Å². The average Bonchev–Trinajstić information content (AvgIpc) is 2.46. The Labute approximate surface area is 126 Å². The second kappa shape index (κ2) is 6.63. The van der Waals surface area contributed by atoms with E-state index in [1.165, 1.54) is 11.6 Å². The van der Waals surface area contributed by atoms with Gasteiger partial charge in [0.25, 0.3) is 0 Å². The quantitative estimate of drug-likeness (QED) is 0.879. The molecule has 0 aliphatic heterocycles. The third kappa shape index (κ3) is 3.88. The molecular weight excluding hydrogens is 320 g/mol. The summed E-state index contributed by atoms with van der Waals surface area (Å²) in [5.41, 5.74) is 1.96. The molecular formula is C15H15BrN2O2. The van der Waals surface area contributed by atoms with E-state index in [1.54, 1.807) is 6.07 Å². The lowest BCUT2D eigenvalue weighted by Gasteiger charge is -2.14. The molecule has 0 saturated carbocycles. The van der Waals surface area contributed by atoms with Crippen LogP contribution in [0.5, 0.6) is 0 Å². The van der Waals surface area contributed by atoms with Crippen molar-refractivity contribution in [2.75, 3.05) is 0 Å². The average molecular weight is 335 g/mol. The Hall–Kier alpha value is -1.72. The minimum atomic E-state index is -1.01. The Morgan fingerprint density at radius 1 is 1.30 bits per heavy atom. The van der Waals surface area contributed by atoms with Crippen molar-refractivity contribution in [3.8, 4) is 0 Å². The standard InChI is InChI=1S/C15H15BrN2O2/c1-10(11-5-7-12(16)8-6-11)17-9-13-3-2-4-14(18-13)15(19)20/h2-8,10,17H,9H2,1H3,(H,19,20). The highest BCUT2D eigenvalue weighted by Crippen LogP contribution is 2.16. The Morgan fingerprint density at radius 2 is 2.00 bits per heavy atom. The molecule has 0 aliphatic carbocycles. The van der Waals surface area contributed by atoms with Crippen molar-refractivity contribution in [1.82, 2.24) is 10.3 Å². The smallest absolute Gasteiger partial charge is 0.354 e. The number of aromatic carboxylic acids is 1. The van der Waals surface area contributed by atoms with Gasteiger partial charge in [0.05, 0.1) is 5.69 Å². The zero-order valence-electron chi connectivity index (χ0n) is 11.0. The topological polar surface area (TPSA) is 62.2 Å². The molecule has 0 bridgehead atoms. The van der Waals surface area contributed by atoms with E-state index in [0.29, 0.717) is 12.2 Å². The third-order valence-electron chi connectivity index (χ3n) is 2.99. The molecule has 2 rings (SSSR count). The Morgan fingerprint density at radius 3 is 2.65 bits per heavy atom. The van der Waals surface area contributed by atoms with Crippen LogP contribution in [-0.4, -0.2) is 16.1 Å². The van der Waals surface area contributed by atoms with Crippen molar-refractivity contribution < 1.29 is 9.90 Å². The number of nitrogens with zero attached hydrogens (tertiary/aromatic N) is 1. The number of halogens is 1. The highest BCUT2D eigenvalue weighted by atomic mass is 79.9. The van der Waals surface area contributed by atoms with Crippen molar-refractivity contribution >= 4 is 21.9 Å². The van der Waals surface area contributed by atoms with Crippen LogP contribution in [0.4, 0.5) is 0 Å². The highest BCUT2D eigenvalue weighted by molar-refractivity contribution is 9.10. The number of nitrogens with one attached hydrogen (secondary N) is 1. The van der Waals surface area contributed by atoms with E-state index in [9.17, 15) is 4.79 Å². The number of rotatable bonds is 5. The number of hydrogen-bond donors (Lipinski definition) is 2. The minimum absolute atomic E-state index is 0.0700. The molecule has 0 amide bonds. The maximum Gasteiger partial charge on any atom is 0.354 e. The molecule has 2 aromatic rings. The summed E-state index contributed by atoms with van der Waals surface area (Å²) in [6.07, 6.45) is 0. The van der Waals surface area contributed by atoms with Crippen LogP contribution < -0.4 is 5.32 Å². The Bertz CT molecular complexity index is 599. The molecule has 0 radical (unpaired) electrons. The van der Waals surface area contributed by atoms with Gasteiger partial charge in [0.15, 0.2) is 0 Å². The molecule has 1 aromatic carbocycles. The van der Waals surface area contributed by atoms with Gasteiger partial charge in [-0.15, -0.1) is 0 Å². The summed E-state index contributed by atoms with van der Waals surface area (Å²) in [7, 11) is 0. The van der Waals surface area contributed by atoms with Gasteiger partial charge in [0.1, 0.15) is 5.69 Å². The monoisotopic (exact) mass is 334 g/mol. The molecule has 1 heterocycles. The molecule has 20 heavy (non-hydrogen) atoms. The van der Waals surface area contributed by atoms with Gasteiger partial charge in [-0.1, -0.05) is 34.1 Å². The SMILES string of the molecule is CC(NCc1cccc(C(=O)O)n1)c1ccc(Br)cc1. The lowest BCUT2D eigenvalue weighted by Crippen LogP contribution is -2.19. The predicted molar refractivity (Wildman–Crippen MR) is 80.6 cm³/mol. The minimum Gasteiger partial charge on any atom is -0.477 e. The fourth-order valence-corrected chi connectivity index (χ4v) is 2.09. The summed E-state index contributed by atoms with van der Waals surface area (Å²) in [6, 6.07) is 13.3. The van der Waals surface area contributed by atoms with E-state index in [4.69, 9.17) is 5.11 Å². The first-order chi connectivity index (χ1) is 9.56. The Kier molecular flexibility index (Phi) is 4.87. The number of carbonyl (C=O) groups is 1. The number of carboxylic acids is 1. The zero-order valence-corrected chi connectivity index (χ0v) is 12.6. The summed E-state index contributed by atoms with van der Waals surface area (Å²) in [5, 5.41) is 12.2. The van der Waals surface area contributed by atoms with Gasteiger partial charge in [0, 0.05) is 17.1 Å². The fourth-order valence-electron chi connectivity index (χ4n) is 1.82. The van der Waals surface area contributed by atoms with Crippen LogP contribution >= 0.6 is 15.9 Å². The van der Waals surface area contributed by atoms with E-state index >= 15 is 0 Å². The van der Waals surface area contributed by atoms with Gasteiger partial charge in [-0.2, -0.15) is 0 Å². The van der Waals surface area contributed by atoms with Crippen LogP contribution in [0.2, 0.25) is 0 Å². The maximum absolute atomic E-state index is 10.9. The lowest BCUT2D eigenvalue weighted by molar-refractivity contribution is 0.0690. The molecule has 0 aliphatic rings. The molecule has 1 aromatic heterocycles. The highest BCUT2D eigenvalue weighted by Gasteiger charge is 2.07. The number of carboxylic acid groups (broad SMARTS) is 1. The second-order valence-electron chi connectivity index (χ2n) is 4.47. The van der Waals surface area contributed by atoms with Crippen LogP contribution in [0.1, 0.15) is 34.7 Å². The van der Waals surface area contributed by atoms with Gasteiger partial charge in [-0.25, -0.2) is 9.78 Å². The first-order valence-corrected chi connectivity index (χ1v) is 7.03. The summed E-state index contributed by atoms with van der Waals surface area (Å²) >= 11 is 3.41. The van der Waals surface area contributed by atoms with Crippen molar-refractivity contribution in [3.63, 3.8) is 0 Å². The summed E-state index contributed by atoms with van der Waals surface area (Å²) < 4.78 is 1.05. The predicted octanol–water partition coefficient (Wildman–Crippen LogP) is 3.39.